The number of nitrogens with two attached hydrogens (primary N) is 1. The lowest BCUT2D eigenvalue weighted by Gasteiger charge is -2.19. The number of amides is 1. The highest BCUT2D eigenvalue weighted by atomic mass is 16.5. The quantitative estimate of drug-likeness (QED) is 0.659. The molecule has 0 saturated heterocycles. The van der Waals surface area contributed by atoms with Crippen molar-refractivity contribution in [3.63, 3.8) is 0 Å². The molecule has 0 saturated carbocycles. The molecular formula is C21H29N3O3. The van der Waals surface area contributed by atoms with E-state index in [1.54, 1.807) is 37.4 Å². The van der Waals surface area contributed by atoms with Gasteiger partial charge in [-0.1, -0.05) is 19.9 Å². The number of nitrogen functional groups attached to an aromatic ring is 1. The first kappa shape index (κ1) is 20.6. The van der Waals surface area contributed by atoms with Crippen molar-refractivity contribution < 1.29 is 14.3 Å². The minimum atomic E-state index is -0.209. The monoisotopic (exact) mass is 371 g/mol. The lowest BCUT2D eigenvalue weighted by molar-refractivity contribution is 0.102. The molecule has 146 valence electrons. The Labute approximate surface area is 161 Å². The van der Waals surface area contributed by atoms with Crippen molar-refractivity contribution in [2.45, 2.75) is 20.8 Å². The number of anilines is 2. The van der Waals surface area contributed by atoms with E-state index in [0.29, 0.717) is 35.0 Å². The second-order valence-corrected chi connectivity index (χ2v) is 6.27. The van der Waals surface area contributed by atoms with Crippen molar-refractivity contribution in [1.82, 2.24) is 4.90 Å². The maximum absolute atomic E-state index is 12.6. The van der Waals surface area contributed by atoms with Gasteiger partial charge in [-0.15, -0.1) is 0 Å². The molecule has 0 radical (unpaired) electrons. The van der Waals surface area contributed by atoms with Gasteiger partial charge in [0, 0.05) is 29.5 Å². The maximum Gasteiger partial charge on any atom is 0.256 e. The van der Waals surface area contributed by atoms with Crippen LogP contribution in [0.25, 0.3) is 0 Å². The summed E-state index contributed by atoms with van der Waals surface area (Å²) in [4.78, 5) is 14.9. The van der Waals surface area contributed by atoms with Gasteiger partial charge in [0.1, 0.15) is 6.61 Å². The summed E-state index contributed by atoms with van der Waals surface area (Å²) in [6.07, 6.45) is 0. The number of hydrogen-bond donors (Lipinski definition) is 2. The van der Waals surface area contributed by atoms with Gasteiger partial charge >= 0.3 is 0 Å². The molecule has 2 aromatic carbocycles. The molecule has 1 amide bonds. The Hall–Kier alpha value is -2.73. The van der Waals surface area contributed by atoms with Gasteiger partial charge in [0.15, 0.2) is 11.5 Å². The molecule has 0 aromatic heterocycles. The largest absolute Gasteiger partial charge is 0.493 e. The molecule has 0 bridgehead atoms. The molecule has 0 atom stereocenters. The number of methoxy groups -OCH3 is 1. The molecule has 2 aromatic rings. The molecule has 0 unspecified atom stereocenters. The summed E-state index contributed by atoms with van der Waals surface area (Å²) in [5.41, 5.74) is 8.42. The molecule has 3 N–H and O–H groups in total. The van der Waals surface area contributed by atoms with E-state index in [1.807, 2.05) is 13.0 Å². The third kappa shape index (κ3) is 5.62. The average molecular weight is 371 g/mol. The zero-order chi connectivity index (χ0) is 19.8. The first-order valence-corrected chi connectivity index (χ1v) is 9.19. The van der Waals surface area contributed by atoms with Gasteiger partial charge in [-0.3, -0.25) is 4.79 Å². The minimum absolute atomic E-state index is 0.209. The predicted molar refractivity (Wildman–Crippen MR) is 110 cm³/mol. The van der Waals surface area contributed by atoms with Gasteiger partial charge in [-0.25, -0.2) is 0 Å². The van der Waals surface area contributed by atoms with Crippen molar-refractivity contribution >= 4 is 17.3 Å². The molecule has 6 nitrogen and oxygen atoms in total. The number of carbonyl (C=O) groups excluding carboxylic acids is 1. The highest BCUT2D eigenvalue weighted by Gasteiger charge is 2.12. The van der Waals surface area contributed by atoms with Crippen molar-refractivity contribution in [3.05, 3.63) is 47.5 Å². The van der Waals surface area contributed by atoms with Crippen LogP contribution in [0.3, 0.4) is 0 Å². The Morgan fingerprint density at radius 1 is 1.11 bits per heavy atom. The van der Waals surface area contributed by atoms with Crippen LogP contribution in [0.4, 0.5) is 11.4 Å². The smallest absolute Gasteiger partial charge is 0.256 e. The fourth-order valence-electron chi connectivity index (χ4n) is 2.77. The van der Waals surface area contributed by atoms with E-state index in [0.717, 1.165) is 25.2 Å². The molecule has 0 aliphatic rings. The number of carbonyl (C=O) groups is 1. The van der Waals surface area contributed by atoms with Gasteiger partial charge in [-0.05, 0) is 49.8 Å². The Morgan fingerprint density at radius 2 is 1.85 bits per heavy atom. The highest BCUT2D eigenvalue weighted by molar-refractivity contribution is 6.05. The number of nitrogens with zero attached hydrogens (tertiary/aromatic N) is 1. The van der Waals surface area contributed by atoms with Crippen LogP contribution in [0.5, 0.6) is 11.5 Å². The first-order valence-electron chi connectivity index (χ1n) is 9.19. The summed E-state index contributed by atoms with van der Waals surface area (Å²) in [5.74, 6) is 1.03. The summed E-state index contributed by atoms with van der Waals surface area (Å²) in [5, 5.41) is 2.90. The fourth-order valence-corrected chi connectivity index (χ4v) is 2.77. The summed E-state index contributed by atoms with van der Waals surface area (Å²) >= 11 is 0. The van der Waals surface area contributed by atoms with Crippen molar-refractivity contribution in [1.29, 1.82) is 0 Å². The third-order valence-electron chi connectivity index (χ3n) is 4.49. The average Bonchev–Trinajstić information content (AvgIpc) is 2.67. The van der Waals surface area contributed by atoms with E-state index in [-0.39, 0.29) is 5.91 Å². The standard InChI is InChI=1S/C21H29N3O3/c1-5-24(6-2)11-12-27-20-14-17(9-10-19(20)26-4)23-21(25)18-13-16(22)8-7-15(18)3/h7-10,13-14H,5-6,11-12,22H2,1-4H3,(H,23,25). The second-order valence-electron chi connectivity index (χ2n) is 6.27. The minimum Gasteiger partial charge on any atom is -0.493 e. The molecule has 0 aliphatic carbocycles. The van der Waals surface area contributed by atoms with Gasteiger partial charge in [0.2, 0.25) is 0 Å². The summed E-state index contributed by atoms with van der Waals surface area (Å²) in [7, 11) is 1.60. The van der Waals surface area contributed by atoms with Crippen LogP contribution in [0, 0.1) is 6.92 Å². The highest BCUT2D eigenvalue weighted by Crippen LogP contribution is 2.30. The molecule has 0 heterocycles. The third-order valence-corrected chi connectivity index (χ3v) is 4.49. The van der Waals surface area contributed by atoms with Crippen LogP contribution in [0.1, 0.15) is 29.8 Å². The molecule has 6 heteroatoms. The van der Waals surface area contributed by atoms with Crippen LogP contribution in [0.2, 0.25) is 0 Å². The van der Waals surface area contributed by atoms with E-state index in [4.69, 9.17) is 15.2 Å². The maximum atomic E-state index is 12.6. The van der Waals surface area contributed by atoms with Crippen molar-refractivity contribution in [2.24, 2.45) is 0 Å². The Kier molecular flexibility index (Phi) is 7.49. The number of benzene rings is 2. The summed E-state index contributed by atoms with van der Waals surface area (Å²) in [6, 6.07) is 10.6. The zero-order valence-corrected chi connectivity index (χ0v) is 16.5. The van der Waals surface area contributed by atoms with E-state index in [2.05, 4.69) is 24.1 Å². The van der Waals surface area contributed by atoms with Gasteiger partial charge in [0.25, 0.3) is 5.91 Å². The van der Waals surface area contributed by atoms with Crippen LogP contribution < -0.4 is 20.5 Å². The summed E-state index contributed by atoms with van der Waals surface area (Å²) in [6.45, 7) is 9.46. The van der Waals surface area contributed by atoms with Crippen LogP contribution in [0.15, 0.2) is 36.4 Å². The Bertz CT molecular complexity index is 773. The normalized spacial score (nSPS) is 10.7. The fraction of sp³-hybridized carbons (Fsp3) is 0.381. The molecular weight excluding hydrogens is 342 g/mol. The predicted octanol–water partition coefficient (Wildman–Crippen LogP) is 3.56. The SMILES string of the molecule is CCN(CC)CCOc1cc(NC(=O)c2cc(N)ccc2C)ccc1OC. The van der Waals surface area contributed by atoms with Gasteiger partial charge in [-0.2, -0.15) is 0 Å². The van der Waals surface area contributed by atoms with E-state index in [1.165, 1.54) is 0 Å². The van der Waals surface area contributed by atoms with Crippen LogP contribution >= 0.6 is 0 Å². The summed E-state index contributed by atoms with van der Waals surface area (Å²) < 4.78 is 11.3. The molecule has 0 fully saturated rings. The van der Waals surface area contributed by atoms with Crippen molar-refractivity contribution in [3.8, 4) is 11.5 Å². The first-order chi connectivity index (χ1) is 13.0. The number of rotatable bonds is 9. The number of nitrogens with one attached hydrogen (secondary N) is 1. The molecule has 2 rings (SSSR count). The molecule has 27 heavy (non-hydrogen) atoms. The number of aryl methyl sites for hydroxylation is 1. The Balaban J connectivity index is 2.11. The number of likely N-dealkylation sites (N-methyl/N-ethyl adjacent to an activating group) is 1. The van der Waals surface area contributed by atoms with Crippen molar-refractivity contribution in [2.75, 3.05) is 44.4 Å². The molecule has 0 spiro atoms. The van der Waals surface area contributed by atoms with Gasteiger partial charge < -0.3 is 25.4 Å². The Morgan fingerprint density at radius 3 is 2.52 bits per heavy atom. The lowest BCUT2D eigenvalue weighted by Crippen LogP contribution is -2.28. The van der Waals surface area contributed by atoms with Crippen LogP contribution in [-0.2, 0) is 0 Å². The zero-order valence-electron chi connectivity index (χ0n) is 16.5. The van der Waals surface area contributed by atoms with E-state index >= 15 is 0 Å². The second kappa shape index (κ2) is 9.83. The number of ether oxygens (including phenoxy) is 2. The van der Waals surface area contributed by atoms with Crippen LogP contribution in [-0.4, -0.2) is 44.2 Å². The van der Waals surface area contributed by atoms with Gasteiger partial charge in [0.05, 0.1) is 7.11 Å². The lowest BCUT2D eigenvalue weighted by atomic mass is 10.1. The van der Waals surface area contributed by atoms with E-state index in [9.17, 15) is 4.79 Å². The number of hydrogen-bond acceptors (Lipinski definition) is 5. The molecule has 0 aliphatic heterocycles. The topological polar surface area (TPSA) is 76.8 Å². The van der Waals surface area contributed by atoms with E-state index < -0.39 is 0 Å².